The fraction of sp³-hybridized carbons (Fsp3) is 0.706. The van der Waals surface area contributed by atoms with Gasteiger partial charge in [0, 0.05) is 18.2 Å². The van der Waals surface area contributed by atoms with Crippen LogP contribution in [-0.4, -0.2) is 23.4 Å². The van der Waals surface area contributed by atoms with Gasteiger partial charge < -0.3 is 4.90 Å². The van der Waals surface area contributed by atoms with Crippen LogP contribution in [0.15, 0.2) is 23.8 Å². The Labute approximate surface area is 118 Å². The maximum atomic E-state index is 12.3. The molecule has 1 aliphatic heterocycles. The van der Waals surface area contributed by atoms with Crippen LogP contribution in [-0.2, 0) is 4.79 Å². The van der Waals surface area contributed by atoms with E-state index in [0.29, 0.717) is 6.04 Å². The minimum absolute atomic E-state index is 0.256. The predicted molar refractivity (Wildman–Crippen MR) is 82.1 cm³/mol. The average molecular weight is 263 g/mol. The van der Waals surface area contributed by atoms with Crippen LogP contribution < -0.4 is 0 Å². The fourth-order valence-corrected chi connectivity index (χ4v) is 2.67. The van der Waals surface area contributed by atoms with Crippen LogP contribution in [0.25, 0.3) is 0 Å². The number of carbonyl (C=O) groups excluding carboxylic acids is 1. The van der Waals surface area contributed by atoms with Crippen LogP contribution in [0.3, 0.4) is 0 Å². The van der Waals surface area contributed by atoms with E-state index in [0.717, 1.165) is 31.4 Å². The number of carbonyl (C=O) groups is 1. The second kappa shape index (κ2) is 8.95. The molecule has 1 unspecified atom stereocenters. The molecule has 0 bridgehead atoms. The lowest BCUT2D eigenvalue weighted by molar-refractivity contribution is -0.127. The molecule has 1 atom stereocenters. The molecule has 0 radical (unpaired) electrons. The lowest BCUT2D eigenvalue weighted by Crippen LogP contribution is -2.36. The van der Waals surface area contributed by atoms with Gasteiger partial charge in [0.2, 0.25) is 0 Å². The summed E-state index contributed by atoms with van der Waals surface area (Å²) in [4.78, 5) is 14.4. The van der Waals surface area contributed by atoms with E-state index in [1.165, 1.54) is 25.7 Å². The van der Waals surface area contributed by atoms with Gasteiger partial charge in [0.05, 0.1) is 0 Å². The Hall–Kier alpha value is -1.05. The molecule has 1 saturated heterocycles. The highest BCUT2D eigenvalue weighted by Gasteiger charge is 2.28. The van der Waals surface area contributed by atoms with Gasteiger partial charge in [-0.1, -0.05) is 51.8 Å². The van der Waals surface area contributed by atoms with E-state index < -0.39 is 0 Å². The van der Waals surface area contributed by atoms with Crippen molar-refractivity contribution < 1.29 is 4.79 Å². The normalized spacial score (nSPS) is 21.7. The van der Waals surface area contributed by atoms with Gasteiger partial charge in [-0.25, -0.2) is 0 Å². The molecule has 1 heterocycles. The Kier molecular flexibility index (Phi) is 7.54. The second-order valence-corrected chi connectivity index (χ2v) is 5.43. The van der Waals surface area contributed by atoms with E-state index in [9.17, 15) is 4.79 Å². The summed E-state index contributed by atoms with van der Waals surface area (Å²) < 4.78 is 0. The Morgan fingerprint density at radius 1 is 1.32 bits per heavy atom. The first-order chi connectivity index (χ1) is 9.24. The van der Waals surface area contributed by atoms with Crippen LogP contribution in [0.2, 0.25) is 0 Å². The van der Waals surface area contributed by atoms with Crippen molar-refractivity contribution in [2.45, 2.75) is 71.8 Å². The number of rotatable bonds is 3. The molecule has 0 aromatic heterocycles. The zero-order valence-electron chi connectivity index (χ0n) is 12.8. The maximum Gasteiger partial charge on any atom is 0.253 e. The zero-order valence-corrected chi connectivity index (χ0v) is 12.8. The summed E-state index contributed by atoms with van der Waals surface area (Å²) in [5.74, 6) is 0.256. The molecule has 0 N–H and O–H groups in total. The van der Waals surface area contributed by atoms with Crippen LogP contribution >= 0.6 is 0 Å². The number of amides is 1. The standard InChI is InChI=1S/C14H21NO.C3H8/c1-2-7-13-10-6-11-15(13)14(16)12-8-4-3-5-9-12;1-3-2/h4,8-9,13H,2-3,5-7,10-11H2,1H3;3H2,1-2H3. The van der Waals surface area contributed by atoms with Crippen molar-refractivity contribution in [2.24, 2.45) is 0 Å². The zero-order chi connectivity index (χ0) is 14.1. The summed E-state index contributed by atoms with van der Waals surface area (Å²) in [6.07, 6.45) is 14.2. The van der Waals surface area contributed by atoms with Crippen LogP contribution in [0.5, 0.6) is 0 Å². The van der Waals surface area contributed by atoms with Crippen LogP contribution in [0, 0.1) is 0 Å². The summed E-state index contributed by atoms with van der Waals surface area (Å²) in [7, 11) is 0. The van der Waals surface area contributed by atoms with Crippen molar-refractivity contribution in [1.82, 2.24) is 4.90 Å². The van der Waals surface area contributed by atoms with E-state index in [2.05, 4.69) is 37.8 Å². The number of nitrogens with zero attached hydrogens (tertiary/aromatic N) is 1. The van der Waals surface area contributed by atoms with Gasteiger partial charge in [0.25, 0.3) is 5.91 Å². The van der Waals surface area contributed by atoms with Gasteiger partial charge in [-0.2, -0.15) is 0 Å². The first-order valence-corrected chi connectivity index (χ1v) is 7.92. The predicted octanol–water partition coefficient (Wildman–Crippen LogP) is 4.47. The Morgan fingerprint density at radius 2 is 2.05 bits per heavy atom. The Bertz CT molecular complexity index is 330. The molecule has 0 saturated carbocycles. The molecular formula is C17H29NO. The molecule has 2 rings (SSSR count). The second-order valence-electron chi connectivity index (χ2n) is 5.43. The molecular weight excluding hydrogens is 234 g/mol. The molecule has 19 heavy (non-hydrogen) atoms. The lowest BCUT2D eigenvalue weighted by atomic mass is 10.0. The highest BCUT2D eigenvalue weighted by molar-refractivity contribution is 5.96. The summed E-state index contributed by atoms with van der Waals surface area (Å²) in [5.41, 5.74) is 0.911. The third kappa shape index (κ3) is 4.85. The van der Waals surface area contributed by atoms with Crippen LogP contribution in [0.1, 0.15) is 65.7 Å². The van der Waals surface area contributed by atoms with Gasteiger partial charge in [0.15, 0.2) is 0 Å². The lowest BCUT2D eigenvalue weighted by Gasteiger charge is -2.25. The van der Waals surface area contributed by atoms with Gasteiger partial charge in [0.1, 0.15) is 0 Å². The summed E-state index contributed by atoms with van der Waals surface area (Å²) in [6, 6.07) is 0.494. The molecule has 0 aromatic rings. The quantitative estimate of drug-likeness (QED) is 0.735. The number of hydrogen-bond acceptors (Lipinski definition) is 1. The van der Waals surface area contributed by atoms with E-state index in [1.54, 1.807) is 0 Å². The minimum Gasteiger partial charge on any atom is -0.336 e. The van der Waals surface area contributed by atoms with Crippen molar-refractivity contribution in [2.75, 3.05) is 6.54 Å². The number of likely N-dealkylation sites (tertiary alicyclic amines) is 1. The number of allylic oxidation sites excluding steroid dienone is 2. The third-order valence-corrected chi connectivity index (χ3v) is 3.50. The van der Waals surface area contributed by atoms with Gasteiger partial charge in [-0.15, -0.1) is 0 Å². The van der Waals surface area contributed by atoms with Crippen molar-refractivity contribution in [3.8, 4) is 0 Å². The molecule has 1 aliphatic carbocycles. The highest BCUT2D eigenvalue weighted by atomic mass is 16.2. The SMILES string of the molecule is CCC.CCCC1CCCN1C(=O)C1=CCCC=C1. The smallest absolute Gasteiger partial charge is 0.253 e. The first-order valence-electron chi connectivity index (χ1n) is 7.92. The van der Waals surface area contributed by atoms with E-state index >= 15 is 0 Å². The molecule has 0 spiro atoms. The maximum absolute atomic E-state index is 12.3. The first kappa shape index (κ1) is 16.0. The van der Waals surface area contributed by atoms with E-state index in [1.807, 2.05) is 6.08 Å². The molecule has 2 aliphatic rings. The molecule has 1 fully saturated rings. The van der Waals surface area contributed by atoms with Crippen molar-refractivity contribution >= 4 is 5.91 Å². The minimum atomic E-state index is 0.256. The molecule has 108 valence electrons. The molecule has 2 heteroatoms. The van der Waals surface area contributed by atoms with Gasteiger partial charge in [-0.05, 0) is 32.1 Å². The van der Waals surface area contributed by atoms with Crippen LogP contribution in [0.4, 0.5) is 0 Å². The summed E-state index contributed by atoms with van der Waals surface area (Å²) in [5, 5.41) is 0. The Balaban J connectivity index is 0.000000550. The Morgan fingerprint density at radius 3 is 2.63 bits per heavy atom. The highest BCUT2D eigenvalue weighted by Crippen LogP contribution is 2.24. The molecule has 1 amide bonds. The monoisotopic (exact) mass is 263 g/mol. The van der Waals surface area contributed by atoms with Gasteiger partial charge >= 0.3 is 0 Å². The summed E-state index contributed by atoms with van der Waals surface area (Å²) >= 11 is 0. The average Bonchev–Trinajstić information content (AvgIpc) is 2.88. The summed E-state index contributed by atoms with van der Waals surface area (Å²) in [6.45, 7) is 7.40. The third-order valence-electron chi connectivity index (χ3n) is 3.50. The van der Waals surface area contributed by atoms with Crippen molar-refractivity contribution in [3.63, 3.8) is 0 Å². The largest absolute Gasteiger partial charge is 0.336 e. The number of hydrogen-bond donors (Lipinski definition) is 0. The molecule has 2 nitrogen and oxygen atoms in total. The van der Waals surface area contributed by atoms with E-state index in [-0.39, 0.29) is 5.91 Å². The fourth-order valence-electron chi connectivity index (χ4n) is 2.67. The van der Waals surface area contributed by atoms with Crippen molar-refractivity contribution in [1.29, 1.82) is 0 Å². The topological polar surface area (TPSA) is 20.3 Å². The van der Waals surface area contributed by atoms with Crippen molar-refractivity contribution in [3.05, 3.63) is 23.8 Å². The van der Waals surface area contributed by atoms with Gasteiger partial charge in [-0.3, -0.25) is 4.79 Å². The molecule has 0 aromatic carbocycles. The van der Waals surface area contributed by atoms with E-state index in [4.69, 9.17) is 0 Å².